The lowest BCUT2D eigenvalue weighted by molar-refractivity contribution is 0.408. The Labute approximate surface area is 103 Å². The molecule has 2 rings (SSSR count). The Bertz CT molecular complexity index is 361. The highest BCUT2D eigenvalue weighted by Crippen LogP contribution is 2.43. The second-order valence-corrected chi connectivity index (χ2v) is 4.94. The summed E-state index contributed by atoms with van der Waals surface area (Å²) < 4.78 is 5.33. The van der Waals surface area contributed by atoms with Gasteiger partial charge < -0.3 is 15.8 Å². The number of hydrogen-bond acceptors (Lipinski definition) is 3. The van der Waals surface area contributed by atoms with Crippen molar-refractivity contribution in [1.82, 2.24) is 5.32 Å². The van der Waals surface area contributed by atoms with Gasteiger partial charge in [0, 0.05) is 6.54 Å². The SMILES string of the molecule is COc1ccccc1CCNCC1(CN)CC1. The highest BCUT2D eigenvalue weighted by Gasteiger charge is 2.40. The maximum Gasteiger partial charge on any atom is 0.122 e. The zero-order chi connectivity index (χ0) is 12.1. The molecule has 1 aromatic rings. The van der Waals surface area contributed by atoms with Gasteiger partial charge in [-0.1, -0.05) is 18.2 Å². The Hall–Kier alpha value is -1.06. The molecule has 1 aliphatic carbocycles. The second-order valence-electron chi connectivity index (χ2n) is 4.94. The van der Waals surface area contributed by atoms with Crippen LogP contribution in [0.1, 0.15) is 18.4 Å². The predicted molar refractivity (Wildman–Crippen MR) is 70.3 cm³/mol. The van der Waals surface area contributed by atoms with Gasteiger partial charge in [0.1, 0.15) is 5.75 Å². The molecule has 0 unspecified atom stereocenters. The number of nitrogens with one attached hydrogen (secondary N) is 1. The number of hydrogen-bond donors (Lipinski definition) is 2. The van der Waals surface area contributed by atoms with E-state index in [1.807, 2.05) is 12.1 Å². The van der Waals surface area contributed by atoms with Crippen molar-refractivity contribution in [3.63, 3.8) is 0 Å². The topological polar surface area (TPSA) is 47.3 Å². The predicted octanol–water partition coefficient (Wildman–Crippen LogP) is 1.57. The molecule has 0 aliphatic heterocycles. The van der Waals surface area contributed by atoms with Gasteiger partial charge in [-0.15, -0.1) is 0 Å². The number of para-hydroxylation sites is 1. The Balaban J connectivity index is 1.74. The Morgan fingerprint density at radius 1 is 1.35 bits per heavy atom. The Morgan fingerprint density at radius 2 is 2.12 bits per heavy atom. The third kappa shape index (κ3) is 3.20. The molecule has 0 spiro atoms. The molecular weight excluding hydrogens is 212 g/mol. The van der Waals surface area contributed by atoms with E-state index in [-0.39, 0.29) is 0 Å². The quantitative estimate of drug-likeness (QED) is 0.704. The van der Waals surface area contributed by atoms with E-state index in [1.165, 1.54) is 18.4 Å². The van der Waals surface area contributed by atoms with Crippen molar-refractivity contribution in [2.24, 2.45) is 11.1 Å². The molecule has 0 aromatic heterocycles. The fraction of sp³-hybridized carbons (Fsp3) is 0.571. The standard InChI is InChI=1S/C14H22N2O/c1-17-13-5-3-2-4-12(13)6-9-16-11-14(10-15)7-8-14/h2-5,16H,6-11,15H2,1H3. The monoisotopic (exact) mass is 234 g/mol. The third-order valence-electron chi connectivity index (χ3n) is 3.65. The van der Waals surface area contributed by atoms with E-state index < -0.39 is 0 Å². The van der Waals surface area contributed by atoms with Gasteiger partial charge in [-0.3, -0.25) is 0 Å². The van der Waals surface area contributed by atoms with E-state index in [0.29, 0.717) is 5.41 Å². The van der Waals surface area contributed by atoms with Crippen LogP contribution in [0.3, 0.4) is 0 Å². The normalized spacial score (nSPS) is 16.8. The van der Waals surface area contributed by atoms with Crippen LogP contribution >= 0.6 is 0 Å². The lowest BCUT2D eigenvalue weighted by Crippen LogP contribution is -2.30. The average Bonchev–Trinajstić information content (AvgIpc) is 3.16. The van der Waals surface area contributed by atoms with Gasteiger partial charge in [-0.2, -0.15) is 0 Å². The molecule has 3 nitrogen and oxygen atoms in total. The molecular formula is C14H22N2O. The van der Waals surface area contributed by atoms with Crippen LogP contribution in [0.2, 0.25) is 0 Å². The summed E-state index contributed by atoms with van der Waals surface area (Å²) in [6, 6.07) is 8.19. The number of nitrogens with two attached hydrogens (primary N) is 1. The summed E-state index contributed by atoms with van der Waals surface area (Å²) in [4.78, 5) is 0. The summed E-state index contributed by atoms with van der Waals surface area (Å²) in [6.45, 7) is 2.86. The third-order valence-corrected chi connectivity index (χ3v) is 3.65. The molecule has 1 aliphatic rings. The Morgan fingerprint density at radius 3 is 2.76 bits per heavy atom. The number of ether oxygens (including phenoxy) is 1. The van der Waals surface area contributed by atoms with Crippen molar-refractivity contribution in [3.05, 3.63) is 29.8 Å². The molecule has 1 fully saturated rings. The van der Waals surface area contributed by atoms with Crippen molar-refractivity contribution in [3.8, 4) is 5.75 Å². The maximum atomic E-state index is 5.75. The van der Waals surface area contributed by atoms with E-state index in [9.17, 15) is 0 Å². The molecule has 0 heterocycles. The number of benzene rings is 1. The Kier molecular flexibility index (Phi) is 4.02. The molecule has 0 amide bonds. The fourth-order valence-corrected chi connectivity index (χ4v) is 2.12. The first-order valence-electron chi connectivity index (χ1n) is 6.32. The summed E-state index contributed by atoms with van der Waals surface area (Å²) in [6.07, 6.45) is 3.57. The minimum atomic E-state index is 0.417. The van der Waals surface area contributed by atoms with Gasteiger partial charge >= 0.3 is 0 Å². The first kappa shape index (κ1) is 12.4. The van der Waals surface area contributed by atoms with Crippen LogP contribution in [0.5, 0.6) is 5.75 Å². The van der Waals surface area contributed by atoms with Crippen LogP contribution in [0.15, 0.2) is 24.3 Å². The zero-order valence-electron chi connectivity index (χ0n) is 10.5. The minimum Gasteiger partial charge on any atom is -0.496 e. The van der Waals surface area contributed by atoms with Crippen LogP contribution in [0, 0.1) is 5.41 Å². The summed E-state index contributed by atoms with van der Waals surface area (Å²) in [5.41, 5.74) is 7.43. The van der Waals surface area contributed by atoms with E-state index in [0.717, 1.165) is 31.8 Å². The summed E-state index contributed by atoms with van der Waals surface area (Å²) >= 11 is 0. The van der Waals surface area contributed by atoms with Gasteiger partial charge in [0.2, 0.25) is 0 Å². The fourth-order valence-electron chi connectivity index (χ4n) is 2.12. The van der Waals surface area contributed by atoms with Crippen molar-refractivity contribution in [1.29, 1.82) is 0 Å². The smallest absolute Gasteiger partial charge is 0.122 e. The second kappa shape index (κ2) is 5.52. The summed E-state index contributed by atoms with van der Waals surface area (Å²) in [7, 11) is 1.72. The minimum absolute atomic E-state index is 0.417. The summed E-state index contributed by atoms with van der Waals surface area (Å²) in [5, 5.41) is 3.50. The largest absolute Gasteiger partial charge is 0.496 e. The van der Waals surface area contributed by atoms with Gasteiger partial charge in [-0.25, -0.2) is 0 Å². The van der Waals surface area contributed by atoms with Crippen LogP contribution in [-0.2, 0) is 6.42 Å². The van der Waals surface area contributed by atoms with Gasteiger partial charge in [-0.05, 0) is 49.4 Å². The van der Waals surface area contributed by atoms with Crippen molar-refractivity contribution in [2.75, 3.05) is 26.7 Å². The van der Waals surface area contributed by atoms with Crippen LogP contribution in [0.4, 0.5) is 0 Å². The first-order valence-corrected chi connectivity index (χ1v) is 6.32. The molecule has 0 atom stereocenters. The molecule has 94 valence electrons. The molecule has 1 aromatic carbocycles. The zero-order valence-corrected chi connectivity index (χ0v) is 10.5. The van der Waals surface area contributed by atoms with E-state index >= 15 is 0 Å². The maximum absolute atomic E-state index is 5.75. The van der Waals surface area contributed by atoms with E-state index in [1.54, 1.807) is 7.11 Å². The van der Waals surface area contributed by atoms with Crippen LogP contribution in [-0.4, -0.2) is 26.7 Å². The van der Waals surface area contributed by atoms with Crippen LogP contribution in [0.25, 0.3) is 0 Å². The first-order chi connectivity index (χ1) is 8.29. The molecule has 3 heteroatoms. The van der Waals surface area contributed by atoms with Crippen LogP contribution < -0.4 is 15.8 Å². The van der Waals surface area contributed by atoms with Crippen molar-refractivity contribution < 1.29 is 4.74 Å². The lowest BCUT2D eigenvalue weighted by atomic mass is 10.1. The molecule has 3 N–H and O–H groups in total. The van der Waals surface area contributed by atoms with E-state index in [4.69, 9.17) is 10.5 Å². The van der Waals surface area contributed by atoms with Crippen molar-refractivity contribution >= 4 is 0 Å². The highest BCUT2D eigenvalue weighted by atomic mass is 16.5. The molecule has 0 radical (unpaired) electrons. The number of methoxy groups -OCH3 is 1. The van der Waals surface area contributed by atoms with Gasteiger partial charge in [0.05, 0.1) is 7.11 Å². The van der Waals surface area contributed by atoms with Gasteiger partial charge in [0.15, 0.2) is 0 Å². The average molecular weight is 234 g/mol. The van der Waals surface area contributed by atoms with Crippen molar-refractivity contribution in [2.45, 2.75) is 19.3 Å². The lowest BCUT2D eigenvalue weighted by Gasteiger charge is -2.14. The van der Waals surface area contributed by atoms with Gasteiger partial charge in [0.25, 0.3) is 0 Å². The molecule has 0 saturated heterocycles. The van der Waals surface area contributed by atoms with E-state index in [2.05, 4.69) is 17.4 Å². The molecule has 0 bridgehead atoms. The molecule has 17 heavy (non-hydrogen) atoms. The summed E-state index contributed by atoms with van der Waals surface area (Å²) in [5.74, 6) is 0.981. The molecule has 1 saturated carbocycles. The number of rotatable bonds is 7. The highest BCUT2D eigenvalue weighted by molar-refractivity contribution is 5.33.